The Morgan fingerprint density at radius 2 is 2.06 bits per heavy atom. The molecule has 1 saturated carbocycles. The van der Waals surface area contributed by atoms with Crippen molar-refractivity contribution in [1.82, 2.24) is 10.2 Å². The highest BCUT2D eigenvalue weighted by molar-refractivity contribution is 4.94. The van der Waals surface area contributed by atoms with Gasteiger partial charge >= 0.3 is 0 Å². The first-order chi connectivity index (χ1) is 8.65. The van der Waals surface area contributed by atoms with Gasteiger partial charge < -0.3 is 10.1 Å². The van der Waals surface area contributed by atoms with Crippen LogP contribution in [0.3, 0.4) is 0 Å². The molecule has 18 heavy (non-hydrogen) atoms. The van der Waals surface area contributed by atoms with Crippen LogP contribution >= 0.6 is 0 Å². The van der Waals surface area contributed by atoms with E-state index in [0.717, 1.165) is 38.0 Å². The van der Waals surface area contributed by atoms with Crippen LogP contribution < -0.4 is 5.32 Å². The highest BCUT2D eigenvalue weighted by atomic mass is 16.5. The van der Waals surface area contributed by atoms with Gasteiger partial charge in [0, 0.05) is 25.2 Å². The quantitative estimate of drug-likeness (QED) is 0.835. The summed E-state index contributed by atoms with van der Waals surface area (Å²) >= 11 is 0. The maximum atomic E-state index is 5.81. The Labute approximate surface area is 112 Å². The average Bonchev–Trinajstić information content (AvgIpc) is 2.37. The predicted octanol–water partition coefficient (Wildman–Crippen LogP) is 2.12. The van der Waals surface area contributed by atoms with E-state index in [2.05, 4.69) is 38.0 Å². The Morgan fingerprint density at radius 1 is 1.28 bits per heavy atom. The minimum Gasteiger partial charge on any atom is -0.376 e. The average molecular weight is 254 g/mol. The zero-order chi connectivity index (χ0) is 13.1. The number of nitrogens with zero attached hydrogens (tertiary/aromatic N) is 1. The fourth-order valence-electron chi connectivity index (χ4n) is 4.00. The van der Waals surface area contributed by atoms with E-state index in [1.54, 1.807) is 0 Å². The van der Waals surface area contributed by atoms with Gasteiger partial charge in [-0.15, -0.1) is 0 Å². The molecule has 5 unspecified atom stereocenters. The summed E-state index contributed by atoms with van der Waals surface area (Å²) in [6.45, 7) is 10.2. The number of hydrogen-bond donors (Lipinski definition) is 1. The molecule has 3 heteroatoms. The lowest BCUT2D eigenvalue weighted by Crippen LogP contribution is -2.59. The largest absolute Gasteiger partial charge is 0.376 e. The SMILES string of the molecule is CCC1CN(C2C(C)CC(C)CC2NC)CCO1. The maximum Gasteiger partial charge on any atom is 0.0700 e. The molecular formula is C15H30N2O. The molecule has 1 aliphatic carbocycles. The Bertz CT molecular complexity index is 259. The van der Waals surface area contributed by atoms with Crippen LogP contribution in [0.5, 0.6) is 0 Å². The summed E-state index contributed by atoms with van der Waals surface area (Å²) in [5.74, 6) is 1.65. The van der Waals surface area contributed by atoms with Crippen LogP contribution in [0.4, 0.5) is 0 Å². The zero-order valence-electron chi connectivity index (χ0n) is 12.5. The van der Waals surface area contributed by atoms with Crippen molar-refractivity contribution in [2.45, 2.75) is 58.2 Å². The summed E-state index contributed by atoms with van der Waals surface area (Å²) in [5, 5.41) is 3.56. The molecule has 106 valence electrons. The molecule has 5 atom stereocenters. The Kier molecular flexibility index (Phi) is 5.05. The van der Waals surface area contributed by atoms with Gasteiger partial charge in [0.1, 0.15) is 0 Å². The summed E-state index contributed by atoms with van der Waals surface area (Å²) < 4.78 is 5.81. The summed E-state index contributed by atoms with van der Waals surface area (Å²) in [4.78, 5) is 2.69. The lowest BCUT2D eigenvalue weighted by molar-refractivity contribution is -0.0662. The third-order valence-corrected chi connectivity index (χ3v) is 4.84. The molecule has 1 N–H and O–H groups in total. The number of ether oxygens (including phenoxy) is 1. The summed E-state index contributed by atoms with van der Waals surface area (Å²) in [5.41, 5.74) is 0. The minimum atomic E-state index is 0.447. The summed E-state index contributed by atoms with van der Waals surface area (Å²) in [7, 11) is 2.13. The van der Waals surface area contributed by atoms with Crippen molar-refractivity contribution < 1.29 is 4.74 Å². The van der Waals surface area contributed by atoms with Crippen molar-refractivity contribution in [3.05, 3.63) is 0 Å². The fraction of sp³-hybridized carbons (Fsp3) is 1.00. The van der Waals surface area contributed by atoms with Gasteiger partial charge in [-0.2, -0.15) is 0 Å². The van der Waals surface area contributed by atoms with E-state index < -0.39 is 0 Å². The van der Waals surface area contributed by atoms with Crippen LogP contribution in [0.15, 0.2) is 0 Å². The van der Waals surface area contributed by atoms with Crippen molar-refractivity contribution in [3.8, 4) is 0 Å². The molecule has 0 aromatic heterocycles. The van der Waals surface area contributed by atoms with Crippen molar-refractivity contribution in [2.75, 3.05) is 26.7 Å². The number of rotatable bonds is 3. The predicted molar refractivity (Wildman–Crippen MR) is 75.8 cm³/mol. The molecule has 0 radical (unpaired) electrons. The van der Waals surface area contributed by atoms with Crippen molar-refractivity contribution in [3.63, 3.8) is 0 Å². The molecule has 0 aromatic carbocycles. The third kappa shape index (κ3) is 3.06. The van der Waals surface area contributed by atoms with Crippen LogP contribution in [-0.2, 0) is 4.74 Å². The van der Waals surface area contributed by atoms with Crippen LogP contribution in [0.2, 0.25) is 0 Å². The van der Waals surface area contributed by atoms with Crippen LogP contribution in [0.25, 0.3) is 0 Å². The smallest absolute Gasteiger partial charge is 0.0700 e. The van der Waals surface area contributed by atoms with E-state index in [9.17, 15) is 0 Å². The molecule has 1 saturated heterocycles. The monoisotopic (exact) mass is 254 g/mol. The maximum absolute atomic E-state index is 5.81. The van der Waals surface area contributed by atoms with E-state index in [-0.39, 0.29) is 0 Å². The topological polar surface area (TPSA) is 24.5 Å². The Balaban J connectivity index is 2.04. The molecule has 0 bridgehead atoms. The van der Waals surface area contributed by atoms with Crippen LogP contribution in [0.1, 0.15) is 40.0 Å². The lowest BCUT2D eigenvalue weighted by atomic mass is 9.75. The first kappa shape index (κ1) is 14.3. The second-order valence-corrected chi connectivity index (χ2v) is 6.34. The number of likely N-dealkylation sites (N-methyl/N-ethyl adjacent to an activating group) is 1. The lowest BCUT2D eigenvalue weighted by Gasteiger charge is -2.48. The van der Waals surface area contributed by atoms with Gasteiger partial charge in [-0.1, -0.05) is 20.8 Å². The van der Waals surface area contributed by atoms with E-state index in [0.29, 0.717) is 18.2 Å². The third-order valence-electron chi connectivity index (χ3n) is 4.84. The Hall–Kier alpha value is -0.120. The molecular weight excluding hydrogens is 224 g/mol. The van der Waals surface area contributed by atoms with Gasteiger partial charge in [0.15, 0.2) is 0 Å². The number of morpholine rings is 1. The van der Waals surface area contributed by atoms with E-state index in [1.165, 1.54) is 12.8 Å². The number of hydrogen-bond acceptors (Lipinski definition) is 3. The van der Waals surface area contributed by atoms with Gasteiger partial charge in [0.25, 0.3) is 0 Å². The van der Waals surface area contributed by atoms with Gasteiger partial charge in [-0.05, 0) is 38.1 Å². The molecule has 3 nitrogen and oxygen atoms in total. The van der Waals surface area contributed by atoms with Crippen molar-refractivity contribution in [1.29, 1.82) is 0 Å². The highest BCUT2D eigenvalue weighted by Crippen LogP contribution is 2.33. The molecule has 0 aromatic rings. The van der Waals surface area contributed by atoms with Gasteiger partial charge in [0.2, 0.25) is 0 Å². The van der Waals surface area contributed by atoms with Crippen LogP contribution in [-0.4, -0.2) is 49.8 Å². The normalized spacial score (nSPS) is 43.0. The van der Waals surface area contributed by atoms with E-state index in [4.69, 9.17) is 4.74 Å². The van der Waals surface area contributed by atoms with Crippen molar-refractivity contribution in [2.24, 2.45) is 11.8 Å². The second kappa shape index (κ2) is 6.36. The summed E-state index contributed by atoms with van der Waals surface area (Å²) in [6.07, 6.45) is 4.28. The molecule has 1 aliphatic heterocycles. The standard InChI is InChI=1S/C15H30N2O/c1-5-13-10-17(6-7-18-13)15-12(3)8-11(2)9-14(15)16-4/h11-16H,5-10H2,1-4H3. The Morgan fingerprint density at radius 3 is 2.72 bits per heavy atom. The van der Waals surface area contributed by atoms with E-state index >= 15 is 0 Å². The fourth-order valence-corrected chi connectivity index (χ4v) is 4.00. The van der Waals surface area contributed by atoms with E-state index in [1.807, 2.05) is 0 Å². The zero-order valence-corrected chi connectivity index (χ0v) is 12.5. The van der Waals surface area contributed by atoms with Gasteiger partial charge in [-0.3, -0.25) is 4.90 Å². The molecule has 2 fully saturated rings. The molecule has 0 amide bonds. The molecule has 2 aliphatic rings. The first-order valence-electron chi connectivity index (χ1n) is 7.68. The molecule has 2 rings (SSSR count). The first-order valence-corrected chi connectivity index (χ1v) is 7.68. The number of nitrogens with one attached hydrogen (secondary N) is 1. The van der Waals surface area contributed by atoms with Crippen molar-refractivity contribution >= 4 is 0 Å². The van der Waals surface area contributed by atoms with Gasteiger partial charge in [0.05, 0.1) is 12.7 Å². The van der Waals surface area contributed by atoms with Gasteiger partial charge in [-0.25, -0.2) is 0 Å². The second-order valence-electron chi connectivity index (χ2n) is 6.34. The van der Waals surface area contributed by atoms with Crippen LogP contribution in [0, 0.1) is 11.8 Å². The summed E-state index contributed by atoms with van der Waals surface area (Å²) in [6, 6.07) is 1.35. The minimum absolute atomic E-state index is 0.447. The molecule has 0 spiro atoms. The highest BCUT2D eigenvalue weighted by Gasteiger charge is 2.38. The molecule has 1 heterocycles.